The largest absolute Gasteiger partial charge is 0.341 e. The van der Waals surface area contributed by atoms with Crippen molar-refractivity contribution in [1.29, 1.82) is 0 Å². The summed E-state index contributed by atoms with van der Waals surface area (Å²) in [6.45, 7) is 0.951. The third-order valence-corrected chi connectivity index (χ3v) is 4.24. The zero-order valence-electron chi connectivity index (χ0n) is 13.4. The topological polar surface area (TPSA) is 78.1 Å². The van der Waals surface area contributed by atoms with Gasteiger partial charge >= 0.3 is 0 Å². The molecule has 2 N–H and O–H groups in total. The van der Waals surface area contributed by atoms with Crippen LogP contribution in [-0.4, -0.2) is 22.6 Å². The van der Waals surface area contributed by atoms with E-state index in [0.29, 0.717) is 5.69 Å². The number of aromatic amines is 1. The normalized spacial score (nSPS) is 12.7. The zero-order chi connectivity index (χ0) is 17.2. The van der Waals surface area contributed by atoms with Crippen molar-refractivity contribution in [3.05, 3.63) is 82.3 Å². The van der Waals surface area contributed by atoms with Crippen LogP contribution in [0.3, 0.4) is 0 Å². The van der Waals surface area contributed by atoms with Gasteiger partial charge in [-0.3, -0.25) is 9.59 Å². The molecule has 0 aliphatic carbocycles. The summed E-state index contributed by atoms with van der Waals surface area (Å²) in [6, 6.07) is 18.7. The van der Waals surface area contributed by atoms with Gasteiger partial charge in [0.25, 0.3) is 11.5 Å². The molecular weight excluding hydrogens is 316 g/mol. The lowest BCUT2D eigenvalue weighted by molar-refractivity contribution is 0.102. The Morgan fingerprint density at radius 1 is 1.04 bits per heavy atom. The van der Waals surface area contributed by atoms with Crippen molar-refractivity contribution in [2.45, 2.75) is 6.42 Å². The summed E-state index contributed by atoms with van der Waals surface area (Å²) >= 11 is 0. The maximum atomic E-state index is 12.1. The van der Waals surface area contributed by atoms with Gasteiger partial charge in [-0.05, 0) is 48.4 Å². The molecule has 0 atom stereocenters. The molecule has 6 nitrogen and oxygen atoms in total. The first-order valence-corrected chi connectivity index (χ1v) is 8.03. The van der Waals surface area contributed by atoms with Gasteiger partial charge in [0.2, 0.25) is 0 Å². The molecule has 1 amide bonds. The summed E-state index contributed by atoms with van der Waals surface area (Å²) in [4.78, 5) is 25.4. The molecule has 0 saturated heterocycles. The van der Waals surface area contributed by atoms with Crippen molar-refractivity contribution < 1.29 is 4.79 Å². The van der Waals surface area contributed by atoms with Crippen LogP contribution in [0, 0.1) is 0 Å². The number of fused-ring (bicyclic) bond motifs is 1. The zero-order valence-corrected chi connectivity index (χ0v) is 13.4. The van der Waals surface area contributed by atoms with Crippen LogP contribution < -0.4 is 15.8 Å². The number of anilines is 3. The summed E-state index contributed by atoms with van der Waals surface area (Å²) < 4.78 is 0. The van der Waals surface area contributed by atoms with E-state index < -0.39 is 0 Å². The quantitative estimate of drug-likeness (QED) is 0.773. The predicted octanol–water partition coefficient (Wildman–Crippen LogP) is 2.72. The molecule has 0 unspecified atom stereocenters. The number of hydrogen-bond donors (Lipinski definition) is 2. The Kier molecular flexibility index (Phi) is 3.78. The fourth-order valence-electron chi connectivity index (χ4n) is 3.00. The van der Waals surface area contributed by atoms with Crippen molar-refractivity contribution >= 4 is 23.0 Å². The molecule has 6 heteroatoms. The Morgan fingerprint density at radius 2 is 1.84 bits per heavy atom. The van der Waals surface area contributed by atoms with Gasteiger partial charge in [0, 0.05) is 29.7 Å². The van der Waals surface area contributed by atoms with Crippen LogP contribution in [0.1, 0.15) is 16.1 Å². The standard InChI is InChI=1S/C19H16N4O2/c24-18-10-9-16(21-22-18)19(25)20-14-5-7-15(8-6-14)23-12-11-13-3-1-2-4-17(13)23/h1-10H,11-12H2,(H,20,25)(H,22,24). The van der Waals surface area contributed by atoms with Crippen molar-refractivity contribution in [2.24, 2.45) is 0 Å². The Hall–Kier alpha value is -3.41. The number of nitrogens with zero attached hydrogens (tertiary/aromatic N) is 2. The first-order chi connectivity index (χ1) is 12.2. The summed E-state index contributed by atoms with van der Waals surface area (Å²) in [5, 5.41) is 8.74. The maximum Gasteiger partial charge on any atom is 0.276 e. The van der Waals surface area contributed by atoms with Gasteiger partial charge in [0.05, 0.1) is 0 Å². The molecule has 0 bridgehead atoms. The minimum absolute atomic E-state index is 0.164. The highest BCUT2D eigenvalue weighted by Gasteiger charge is 2.19. The average molecular weight is 332 g/mol. The second kappa shape index (κ2) is 6.24. The van der Waals surface area contributed by atoms with Gasteiger partial charge in [0.15, 0.2) is 0 Å². The molecule has 2 aromatic carbocycles. The molecule has 2 heterocycles. The van der Waals surface area contributed by atoms with E-state index in [1.54, 1.807) is 0 Å². The fraction of sp³-hybridized carbons (Fsp3) is 0.105. The van der Waals surface area contributed by atoms with E-state index in [1.165, 1.54) is 23.4 Å². The molecule has 1 aromatic heterocycles. The number of carbonyl (C=O) groups excluding carboxylic acids is 1. The van der Waals surface area contributed by atoms with Crippen LogP contribution in [-0.2, 0) is 6.42 Å². The van der Waals surface area contributed by atoms with Gasteiger partial charge in [-0.25, -0.2) is 5.10 Å². The SMILES string of the molecule is O=C(Nc1ccc(N2CCc3ccccc32)cc1)c1ccc(=O)[nH]n1. The minimum atomic E-state index is -0.365. The second-order valence-electron chi connectivity index (χ2n) is 5.84. The van der Waals surface area contributed by atoms with Gasteiger partial charge in [0.1, 0.15) is 5.69 Å². The third kappa shape index (κ3) is 3.01. The Bertz CT molecular complexity index is 959. The first-order valence-electron chi connectivity index (χ1n) is 8.03. The number of aromatic nitrogens is 2. The lowest BCUT2D eigenvalue weighted by Crippen LogP contribution is -2.17. The van der Waals surface area contributed by atoms with E-state index in [1.807, 2.05) is 30.3 Å². The van der Waals surface area contributed by atoms with Gasteiger partial charge in [-0.2, -0.15) is 5.10 Å². The molecule has 25 heavy (non-hydrogen) atoms. The number of nitrogens with one attached hydrogen (secondary N) is 2. The summed E-state index contributed by atoms with van der Waals surface area (Å²) in [6.07, 6.45) is 1.03. The van der Waals surface area contributed by atoms with Crippen molar-refractivity contribution in [1.82, 2.24) is 10.2 Å². The molecule has 4 rings (SSSR count). The Morgan fingerprint density at radius 3 is 2.60 bits per heavy atom. The van der Waals surface area contributed by atoms with Gasteiger partial charge < -0.3 is 10.2 Å². The van der Waals surface area contributed by atoms with Crippen molar-refractivity contribution in [2.75, 3.05) is 16.8 Å². The highest BCUT2D eigenvalue weighted by Crippen LogP contribution is 2.34. The molecule has 0 fully saturated rings. The van der Waals surface area contributed by atoms with Gasteiger partial charge in [-0.15, -0.1) is 0 Å². The summed E-state index contributed by atoms with van der Waals surface area (Å²) in [5.74, 6) is -0.365. The van der Waals surface area contributed by atoms with Gasteiger partial charge in [-0.1, -0.05) is 18.2 Å². The molecule has 1 aliphatic rings. The number of H-pyrrole nitrogens is 1. The number of benzene rings is 2. The van der Waals surface area contributed by atoms with Crippen molar-refractivity contribution in [3.8, 4) is 0 Å². The van der Waals surface area contributed by atoms with E-state index >= 15 is 0 Å². The van der Waals surface area contributed by atoms with Crippen LogP contribution in [0.25, 0.3) is 0 Å². The van der Waals surface area contributed by atoms with Crippen LogP contribution in [0.5, 0.6) is 0 Å². The molecule has 0 radical (unpaired) electrons. The number of amides is 1. The van der Waals surface area contributed by atoms with Crippen LogP contribution in [0.4, 0.5) is 17.1 Å². The molecular formula is C19H16N4O2. The highest BCUT2D eigenvalue weighted by molar-refractivity contribution is 6.02. The van der Waals surface area contributed by atoms with Crippen LogP contribution >= 0.6 is 0 Å². The highest BCUT2D eigenvalue weighted by atomic mass is 16.2. The van der Waals surface area contributed by atoms with E-state index in [-0.39, 0.29) is 17.2 Å². The fourth-order valence-corrected chi connectivity index (χ4v) is 3.00. The number of para-hydroxylation sites is 1. The summed E-state index contributed by atoms with van der Waals surface area (Å²) in [5.41, 5.74) is 4.17. The van der Waals surface area contributed by atoms with E-state index in [9.17, 15) is 9.59 Å². The Labute approximate surface area is 144 Å². The molecule has 3 aromatic rings. The predicted molar refractivity (Wildman–Crippen MR) is 96.4 cm³/mol. The first kappa shape index (κ1) is 15.1. The molecule has 0 saturated carbocycles. The third-order valence-electron chi connectivity index (χ3n) is 4.24. The second-order valence-corrected chi connectivity index (χ2v) is 5.84. The summed E-state index contributed by atoms with van der Waals surface area (Å²) in [7, 11) is 0. The maximum absolute atomic E-state index is 12.1. The lowest BCUT2D eigenvalue weighted by atomic mass is 10.2. The Balaban J connectivity index is 1.50. The molecule has 1 aliphatic heterocycles. The monoisotopic (exact) mass is 332 g/mol. The molecule has 0 spiro atoms. The number of hydrogen-bond acceptors (Lipinski definition) is 4. The van der Waals surface area contributed by atoms with E-state index in [2.05, 4.69) is 38.6 Å². The average Bonchev–Trinajstić information content (AvgIpc) is 3.07. The lowest BCUT2D eigenvalue weighted by Gasteiger charge is -2.19. The minimum Gasteiger partial charge on any atom is -0.341 e. The number of carbonyl (C=O) groups is 1. The smallest absolute Gasteiger partial charge is 0.276 e. The van der Waals surface area contributed by atoms with Crippen molar-refractivity contribution in [3.63, 3.8) is 0 Å². The van der Waals surface area contributed by atoms with Crippen LogP contribution in [0.2, 0.25) is 0 Å². The van der Waals surface area contributed by atoms with E-state index in [4.69, 9.17) is 0 Å². The van der Waals surface area contributed by atoms with Crippen LogP contribution in [0.15, 0.2) is 65.5 Å². The number of rotatable bonds is 3. The van der Waals surface area contributed by atoms with E-state index in [0.717, 1.165) is 18.7 Å². The molecule has 124 valence electrons.